The summed E-state index contributed by atoms with van der Waals surface area (Å²) in [4.78, 5) is 9.09. The number of anilines is 3. The second-order valence-corrected chi connectivity index (χ2v) is 5.71. The van der Waals surface area contributed by atoms with Crippen LogP contribution in [0.15, 0.2) is 65.8 Å². The smallest absolute Gasteiger partial charge is 0.201 e. The highest BCUT2D eigenvalue weighted by Crippen LogP contribution is 2.36. The Bertz CT molecular complexity index is 759. The zero-order chi connectivity index (χ0) is 15.1. The van der Waals surface area contributed by atoms with Gasteiger partial charge in [-0.1, -0.05) is 24.3 Å². The van der Waals surface area contributed by atoms with E-state index in [1.165, 1.54) is 11.4 Å². The van der Waals surface area contributed by atoms with Crippen molar-refractivity contribution < 1.29 is 0 Å². The van der Waals surface area contributed by atoms with Crippen molar-refractivity contribution in [1.29, 1.82) is 0 Å². The number of rotatable bonds is 2. The Kier molecular flexibility index (Phi) is 2.89. The minimum absolute atomic E-state index is 0.0501. The van der Waals surface area contributed by atoms with Crippen LogP contribution < -0.4 is 15.1 Å². The molecule has 1 unspecified atom stereocenters. The van der Waals surface area contributed by atoms with E-state index in [1.54, 1.807) is 0 Å². The first-order valence-electron chi connectivity index (χ1n) is 7.40. The van der Waals surface area contributed by atoms with Crippen LogP contribution in [0.5, 0.6) is 0 Å². The Hall–Kier alpha value is -2.75. The molecule has 2 heterocycles. The molecule has 0 amide bonds. The highest BCUT2D eigenvalue weighted by atomic mass is 15.4. The molecular formula is C18H18N4. The average molecular weight is 290 g/mol. The van der Waals surface area contributed by atoms with Crippen molar-refractivity contribution in [2.24, 2.45) is 4.99 Å². The predicted molar refractivity (Wildman–Crippen MR) is 92.8 cm³/mol. The second kappa shape index (κ2) is 4.91. The molecule has 110 valence electrons. The molecule has 0 fully saturated rings. The molecule has 1 N–H and O–H groups in total. The summed E-state index contributed by atoms with van der Waals surface area (Å²) >= 11 is 0. The highest BCUT2D eigenvalue weighted by molar-refractivity contribution is 6.10. The third-order valence-electron chi connectivity index (χ3n) is 4.06. The maximum absolute atomic E-state index is 4.83. The lowest BCUT2D eigenvalue weighted by atomic mass is 10.1. The maximum atomic E-state index is 4.83. The quantitative estimate of drug-likeness (QED) is 0.921. The number of para-hydroxylation sites is 2. The molecule has 0 bridgehead atoms. The van der Waals surface area contributed by atoms with E-state index in [-0.39, 0.29) is 6.29 Å². The van der Waals surface area contributed by atoms with Crippen LogP contribution in [-0.2, 0) is 0 Å². The first-order chi connectivity index (χ1) is 10.7. The van der Waals surface area contributed by atoms with Crippen molar-refractivity contribution in [3.8, 4) is 0 Å². The maximum Gasteiger partial charge on any atom is 0.201 e. The summed E-state index contributed by atoms with van der Waals surface area (Å²) in [5, 5.41) is 3.44. The van der Waals surface area contributed by atoms with Crippen LogP contribution in [0.2, 0.25) is 0 Å². The van der Waals surface area contributed by atoms with Gasteiger partial charge in [0.25, 0.3) is 0 Å². The van der Waals surface area contributed by atoms with Gasteiger partial charge in [0.1, 0.15) is 0 Å². The summed E-state index contributed by atoms with van der Waals surface area (Å²) in [6.45, 7) is 0. The molecule has 0 aliphatic carbocycles. The molecule has 0 spiro atoms. The van der Waals surface area contributed by atoms with E-state index < -0.39 is 0 Å². The fraction of sp³-hybridized carbons (Fsp3) is 0.167. The van der Waals surface area contributed by atoms with E-state index in [9.17, 15) is 0 Å². The summed E-state index contributed by atoms with van der Waals surface area (Å²) < 4.78 is 0. The van der Waals surface area contributed by atoms with E-state index in [4.69, 9.17) is 4.99 Å². The van der Waals surface area contributed by atoms with Gasteiger partial charge in [-0.05, 0) is 30.3 Å². The van der Waals surface area contributed by atoms with E-state index in [2.05, 4.69) is 69.9 Å². The minimum Gasteiger partial charge on any atom is -0.378 e. The first-order valence-corrected chi connectivity index (χ1v) is 7.40. The summed E-state index contributed by atoms with van der Waals surface area (Å²) in [5.74, 6) is 0. The Morgan fingerprint density at radius 3 is 2.59 bits per heavy atom. The Balaban J connectivity index is 1.63. The van der Waals surface area contributed by atoms with Crippen molar-refractivity contribution in [2.75, 3.05) is 29.2 Å². The van der Waals surface area contributed by atoms with Crippen LogP contribution in [0, 0.1) is 0 Å². The normalized spacial score (nSPS) is 18.4. The molecule has 0 saturated carbocycles. The fourth-order valence-corrected chi connectivity index (χ4v) is 2.84. The minimum atomic E-state index is -0.0501. The number of nitrogens with one attached hydrogen (secondary N) is 1. The van der Waals surface area contributed by atoms with E-state index in [0.29, 0.717) is 0 Å². The lowest BCUT2D eigenvalue weighted by Gasteiger charge is -2.24. The third kappa shape index (κ3) is 2.04. The van der Waals surface area contributed by atoms with Crippen molar-refractivity contribution in [3.63, 3.8) is 0 Å². The number of hydrogen-bond donors (Lipinski definition) is 1. The van der Waals surface area contributed by atoms with Crippen LogP contribution in [0.4, 0.5) is 17.1 Å². The largest absolute Gasteiger partial charge is 0.378 e. The number of nitrogens with zero attached hydrogens (tertiary/aromatic N) is 3. The Morgan fingerprint density at radius 2 is 1.82 bits per heavy atom. The van der Waals surface area contributed by atoms with E-state index >= 15 is 0 Å². The van der Waals surface area contributed by atoms with Gasteiger partial charge < -0.3 is 15.1 Å². The molecule has 0 aromatic heterocycles. The van der Waals surface area contributed by atoms with Gasteiger partial charge >= 0.3 is 0 Å². The van der Waals surface area contributed by atoms with Crippen molar-refractivity contribution >= 4 is 22.8 Å². The van der Waals surface area contributed by atoms with Gasteiger partial charge in [0, 0.05) is 31.5 Å². The molecule has 2 aromatic carbocycles. The van der Waals surface area contributed by atoms with Crippen LogP contribution in [0.25, 0.3) is 0 Å². The van der Waals surface area contributed by atoms with Gasteiger partial charge in [-0.25, -0.2) is 4.99 Å². The summed E-state index contributed by atoms with van der Waals surface area (Å²) in [5.41, 5.74) is 5.64. The van der Waals surface area contributed by atoms with Gasteiger partial charge in [0.15, 0.2) is 0 Å². The predicted octanol–water partition coefficient (Wildman–Crippen LogP) is 3.28. The SMILES string of the molecule is CN(C)c1ccc(C2=NC3Nc4ccccc4N3C=C2)cc1. The van der Waals surface area contributed by atoms with Gasteiger partial charge in [0.2, 0.25) is 6.29 Å². The molecule has 4 nitrogen and oxygen atoms in total. The number of benzene rings is 2. The summed E-state index contributed by atoms with van der Waals surface area (Å²) in [7, 11) is 4.09. The van der Waals surface area contributed by atoms with Crippen LogP contribution in [0.1, 0.15) is 5.56 Å². The number of hydrogen-bond acceptors (Lipinski definition) is 4. The van der Waals surface area contributed by atoms with E-state index in [1.807, 2.05) is 20.2 Å². The monoisotopic (exact) mass is 290 g/mol. The Labute approximate surface area is 130 Å². The number of fused-ring (bicyclic) bond motifs is 3. The first kappa shape index (κ1) is 13.0. The zero-order valence-corrected chi connectivity index (χ0v) is 12.7. The highest BCUT2D eigenvalue weighted by Gasteiger charge is 2.28. The molecule has 4 heteroatoms. The fourth-order valence-electron chi connectivity index (χ4n) is 2.84. The lowest BCUT2D eigenvalue weighted by molar-refractivity contribution is 0.790. The van der Waals surface area contributed by atoms with Gasteiger partial charge in [0.05, 0.1) is 17.1 Å². The summed E-state index contributed by atoms with van der Waals surface area (Å²) in [6, 6.07) is 16.8. The lowest BCUT2D eigenvalue weighted by Crippen LogP contribution is -2.33. The van der Waals surface area contributed by atoms with E-state index in [0.717, 1.165) is 17.0 Å². The molecule has 2 aliphatic heterocycles. The van der Waals surface area contributed by atoms with Crippen LogP contribution in [-0.4, -0.2) is 26.1 Å². The van der Waals surface area contributed by atoms with Gasteiger partial charge in [-0.2, -0.15) is 0 Å². The molecule has 22 heavy (non-hydrogen) atoms. The second-order valence-electron chi connectivity index (χ2n) is 5.71. The molecule has 2 aromatic rings. The standard InChI is InChI=1S/C18H18N4/c1-21(2)14-9-7-13(8-10-14)15-11-12-22-17-6-4-3-5-16(17)20-18(22)19-15/h3-12,18,20H,1-2H3. The number of allylic oxidation sites excluding steroid dienone is 1. The molecule has 2 aliphatic rings. The van der Waals surface area contributed by atoms with Crippen molar-refractivity contribution in [1.82, 2.24) is 0 Å². The zero-order valence-electron chi connectivity index (χ0n) is 12.7. The molecular weight excluding hydrogens is 272 g/mol. The number of aliphatic imine (C=N–C) groups is 1. The molecule has 0 saturated heterocycles. The molecule has 4 rings (SSSR count). The van der Waals surface area contributed by atoms with Crippen molar-refractivity contribution in [2.45, 2.75) is 6.29 Å². The Morgan fingerprint density at radius 1 is 1.05 bits per heavy atom. The van der Waals surface area contributed by atoms with Crippen LogP contribution in [0.3, 0.4) is 0 Å². The average Bonchev–Trinajstić information content (AvgIpc) is 2.92. The van der Waals surface area contributed by atoms with Gasteiger partial charge in [-0.3, -0.25) is 0 Å². The molecule has 1 atom stereocenters. The van der Waals surface area contributed by atoms with Gasteiger partial charge in [-0.15, -0.1) is 0 Å². The third-order valence-corrected chi connectivity index (χ3v) is 4.06. The topological polar surface area (TPSA) is 30.9 Å². The summed E-state index contributed by atoms with van der Waals surface area (Å²) in [6.07, 6.45) is 4.13. The molecule has 0 radical (unpaired) electrons. The van der Waals surface area contributed by atoms with Crippen molar-refractivity contribution in [3.05, 3.63) is 66.4 Å². The van der Waals surface area contributed by atoms with Crippen LogP contribution >= 0.6 is 0 Å².